The Bertz CT molecular complexity index is 1270. The summed E-state index contributed by atoms with van der Waals surface area (Å²) in [6.45, 7) is 8.08. The molecule has 4 rings (SSSR count). The lowest BCUT2D eigenvalue weighted by Gasteiger charge is -2.42. The van der Waals surface area contributed by atoms with Crippen LogP contribution in [0.15, 0.2) is 36.8 Å². The highest BCUT2D eigenvalue weighted by Gasteiger charge is 2.25. The smallest absolute Gasteiger partial charge is 0.251 e. The van der Waals surface area contributed by atoms with E-state index in [1.165, 1.54) is 23.3 Å². The van der Waals surface area contributed by atoms with Crippen LogP contribution in [0.25, 0.3) is 17.1 Å². The largest absolute Gasteiger partial charge is 0.492 e. The van der Waals surface area contributed by atoms with Gasteiger partial charge in [0.15, 0.2) is 11.6 Å². The number of primary amides is 1. The lowest BCUT2D eigenvalue weighted by molar-refractivity contribution is 0.0571. The van der Waals surface area contributed by atoms with Gasteiger partial charge in [-0.3, -0.25) is 9.69 Å². The molecule has 2 aromatic heterocycles. The number of aromatic nitrogens is 4. The third kappa shape index (κ3) is 5.45. The standard InChI is InChI=1S/C25H31N9O2/c1-16-13-33(14-17(2)32(16)3)7-4-8-36-22-6-5-18(9-19(22)10-26)21-12-29-23(27)25(31-21)34-15-20(11-30-34)24(28)35/h5-6,9,11-12,15-17H,4,7-8,13-14H2,1-3H3,(H2,27,29)(H2,28,35)/t16-,17+. The van der Waals surface area contributed by atoms with Crippen LogP contribution in [0.2, 0.25) is 0 Å². The molecule has 1 saturated heterocycles. The molecule has 1 aliphatic heterocycles. The lowest BCUT2D eigenvalue weighted by Crippen LogP contribution is -2.55. The second-order valence-electron chi connectivity index (χ2n) is 9.15. The summed E-state index contributed by atoms with van der Waals surface area (Å²) in [5.74, 6) is 0.322. The molecule has 0 aliphatic carbocycles. The van der Waals surface area contributed by atoms with E-state index in [9.17, 15) is 10.1 Å². The van der Waals surface area contributed by atoms with Crippen molar-refractivity contribution >= 4 is 11.7 Å². The number of benzene rings is 1. The molecule has 4 N–H and O–H groups in total. The predicted octanol–water partition coefficient (Wildman–Crippen LogP) is 1.68. The van der Waals surface area contributed by atoms with Crippen LogP contribution in [0.4, 0.5) is 5.82 Å². The van der Waals surface area contributed by atoms with Gasteiger partial charge in [-0.25, -0.2) is 14.6 Å². The van der Waals surface area contributed by atoms with Crippen molar-refractivity contribution in [1.29, 1.82) is 5.26 Å². The number of nitriles is 1. The molecule has 3 aromatic rings. The summed E-state index contributed by atoms with van der Waals surface area (Å²) in [5, 5.41) is 13.8. The first-order valence-electron chi connectivity index (χ1n) is 11.9. The second kappa shape index (κ2) is 10.7. The maximum atomic E-state index is 11.4. The first-order valence-corrected chi connectivity index (χ1v) is 11.9. The summed E-state index contributed by atoms with van der Waals surface area (Å²) < 4.78 is 7.29. The molecule has 1 amide bonds. The zero-order chi connectivity index (χ0) is 25.8. The van der Waals surface area contributed by atoms with Crippen LogP contribution in [0.3, 0.4) is 0 Å². The monoisotopic (exact) mass is 489 g/mol. The molecule has 3 heterocycles. The summed E-state index contributed by atoms with van der Waals surface area (Å²) in [4.78, 5) is 25.0. The van der Waals surface area contributed by atoms with Gasteiger partial charge in [-0.15, -0.1) is 0 Å². The number of ether oxygens (including phenoxy) is 1. The van der Waals surface area contributed by atoms with Crippen LogP contribution in [-0.4, -0.2) is 80.8 Å². The van der Waals surface area contributed by atoms with Gasteiger partial charge in [-0.1, -0.05) is 0 Å². The number of carbonyl (C=O) groups is 1. The van der Waals surface area contributed by atoms with Crippen molar-refractivity contribution in [2.45, 2.75) is 32.4 Å². The van der Waals surface area contributed by atoms with Crippen LogP contribution >= 0.6 is 0 Å². The van der Waals surface area contributed by atoms with Gasteiger partial charge in [0.1, 0.15) is 11.8 Å². The summed E-state index contributed by atoms with van der Waals surface area (Å²) in [6.07, 6.45) is 5.17. The Morgan fingerprint density at radius 1 is 1.25 bits per heavy atom. The first-order chi connectivity index (χ1) is 17.3. The molecule has 1 aliphatic rings. The maximum Gasteiger partial charge on any atom is 0.251 e. The average molecular weight is 490 g/mol. The number of nitrogen functional groups attached to an aromatic ring is 1. The normalized spacial score (nSPS) is 18.6. The topological polar surface area (TPSA) is 152 Å². The fourth-order valence-electron chi connectivity index (χ4n) is 4.33. The van der Waals surface area contributed by atoms with Crippen molar-refractivity contribution in [3.8, 4) is 28.9 Å². The van der Waals surface area contributed by atoms with E-state index in [-0.39, 0.29) is 17.2 Å². The Morgan fingerprint density at radius 3 is 2.67 bits per heavy atom. The molecule has 11 nitrogen and oxygen atoms in total. The number of nitrogens with zero attached hydrogens (tertiary/aromatic N) is 7. The molecule has 0 radical (unpaired) electrons. The maximum absolute atomic E-state index is 11.4. The quantitative estimate of drug-likeness (QED) is 0.450. The van der Waals surface area contributed by atoms with Gasteiger partial charge in [0.25, 0.3) is 5.91 Å². The highest BCUT2D eigenvalue weighted by atomic mass is 16.5. The Hall–Kier alpha value is -4.01. The zero-order valence-corrected chi connectivity index (χ0v) is 20.8. The van der Waals surface area contributed by atoms with E-state index in [0.29, 0.717) is 41.3 Å². The van der Waals surface area contributed by atoms with Gasteiger partial charge in [0.2, 0.25) is 0 Å². The number of anilines is 1. The highest BCUT2D eigenvalue weighted by Crippen LogP contribution is 2.27. The molecular formula is C25H31N9O2. The minimum Gasteiger partial charge on any atom is -0.492 e. The molecule has 0 spiro atoms. The first kappa shape index (κ1) is 25.1. The van der Waals surface area contributed by atoms with Crippen LogP contribution < -0.4 is 16.2 Å². The van der Waals surface area contributed by atoms with Crippen LogP contribution in [0.1, 0.15) is 36.2 Å². The molecule has 1 fully saturated rings. The summed E-state index contributed by atoms with van der Waals surface area (Å²) in [6, 6.07) is 8.56. The Morgan fingerprint density at radius 2 is 2.00 bits per heavy atom. The lowest BCUT2D eigenvalue weighted by atomic mass is 10.1. The van der Waals surface area contributed by atoms with Gasteiger partial charge in [0.05, 0.1) is 35.8 Å². The van der Waals surface area contributed by atoms with Crippen LogP contribution in [0.5, 0.6) is 5.75 Å². The third-order valence-corrected chi connectivity index (χ3v) is 6.57. The van der Waals surface area contributed by atoms with E-state index < -0.39 is 5.91 Å². The zero-order valence-electron chi connectivity index (χ0n) is 20.8. The molecule has 0 saturated carbocycles. The number of hydrogen-bond acceptors (Lipinski definition) is 9. The average Bonchev–Trinajstić information content (AvgIpc) is 3.36. The van der Waals surface area contributed by atoms with Gasteiger partial charge >= 0.3 is 0 Å². The van der Waals surface area contributed by atoms with E-state index in [1.807, 2.05) is 6.07 Å². The van der Waals surface area contributed by atoms with Crippen molar-refractivity contribution in [2.24, 2.45) is 5.73 Å². The molecule has 36 heavy (non-hydrogen) atoms. The van der Waals surface area contributed by atoms with E-state index in [4.69, 9.17) is 16.2 Å². The highest BCUT2D eigenvalue weighted by molar-refractivity contribution is 5.92. The van der Waals surface area contributed by atoms with E-state index in [1.54, 1.807) is 12.1 Å². The molecule has 1 aromatic carbocycles. The van der Waals surface area contributed by atoms with Crippen LogP contribution in [0, 0.1) is 11.3 Å². The van der Waals surface area contributed by atoms with Gasteiger partial charge in [-0.2, -0.15) is 10.4 Å². The minimum atomic E-state index is -0.606. The predicted molar refractivity (Wildman–Crippen MR) is 135 cm³/mol. The summed E-state index contributed by atoms with van der Waals surface area (Å²) in [7, 11) is 2.18. The summed E-state index contributed by atoms with van der Waals surface area (Å²) >= 11 is 0. The molecular weight excluding hydrogens is 458 g/mol. The van der Waals surface area contributed by atoms with Gasteiger partial charge in [-0.05, 0) is 45.5 Å². The molecule has 11 heteroatoms. The Labute approximate surface area is 210 Å². The molecule has 2 atom stereocenters. The number of carbonyl (C=O) groups excluding carboxylic acids is 1. The fraction of sp³-hybridized carbons (Fsp3) is 0.400. The van der Waals surface area contributed by atoms with Crippen molar-refractivity contribution in [1.82, 2.24) is 29.5 Å². The number of nitrogens with two attached hydrogens (primary N) is 2. The SMILES string of the molecule is C[C@@H]1CN(CCCOc2ccc(-c3cnc(N)c(-n4cc(C(N)=O)cn4)n3)cc2C#N)C[C@H](C)N1C. The molecule has 188 valence electrons. The number of piperazine rings is 1. The number of hydrogen-bond donors (Lipinski definition) is 2. The van der Waals surface area contributed by atoms with E-state index in [0.717, 1.165) is 26.1 Å². The Balaban J connectivity index is 1.43. The minimum absolute atomic E-state index is 0.141. The van der Waals surface area contributed by atoms with Gasteiger partial charge < -0.3 is 21.1 Å². The van der Waals surface area contributed by atoms with Gasteiger partial charge in [0, 0.05) is 43.5 Å². The van der Waals surface area contributed by atoms with Crippen molar-refractivity contribution < 1.29 is 9.53 Å². The van der Waals surface area contributed by atoms with E-state index in [2.05, 4.69) is 51.8 Å². The number of likely N-dealkylation sites (N-methyl/N-ethyl adjacent to an activating group) is 1. The van der Waals surface area contributed by atoms with Crippen molar-refractivity contribution in [3.05, 3.63) is 47.9 Å². The molecule has 0 bridgehead atoms. The van der Waals surface area contributed by atoms with Crippen LogP contribution in [-0.2, 0) is 0 Å². The number of amides is 1. The van der Waals surface area contributed by atoms with Crippen molar-refractivity contribution in [2.75, 3.05) is 39.0 Å². The summed E-state index contributed by atoms with van der Waals surface area (Å²) in [5.41, 5.74) is 13.1. The fourth-order valence-corrected chi connectivity index (χ4v) is 4.33. The third-order valence-electron chi connectivity index (χ3n) is 6.57. The molecule has 0 unspecified atom stereocenters. The van der Waals surface area contributed by atoms with Crippen molar-refractivity contribution in [3.63, 3.8) is 0 Å². The Kier molecular flexibility index (Phi) is 7.47. The number of rotatable bonds is 8. The van der Waals surface area contributed by atoms with E-state index >= 15 is 0 Å². The second-order valence-corrected chi connectivity index (χ2v) is 9.15.